The van der Waals surface area contributed by atoms with Crippen molar-refractivity contribution in [3.05, 3.63) is 168 Å². The second-order valence-corrected chi connectivity index (χ2v) is 17.1. The van der Waals surface area contributed by atoms with Crippen molar-refractivity contribution >= 4 is 11.0 Å². The summed E-state index contributed by atoms with van der Waals surface area (Å²) in [7, 11) is 0. The van der Waals surface area contributed by atoms with Gasteiger partial charge in [0.25, 0.3) is 0 Å². The molecular weight excluding hydrogens is 914 g/mol. The zero-order valence-corrected chi connectivity index (χ0v) is 36.8. The van der Waals surface area contributed by atoms with Crippen LogP contribution in [-0.2, 0) is 37.3 Å². The fraction of sp³-hybridized carbons (Fsp3) is 0.236. The molecule has 0 radical (unpaired) electrons. The van der Waals surface area contributed by atoms with Crippen LogP contribution >= 0.6 is 0 Å². The SMILES string of the molecule is [2H]c1c([2H])c([2H])c(-c2ccnc(-c3[c-]c(-c4cccc5c4nc(-c4cc(C(C)(C)C)cc(C)c4O)n5-c4ccc(C(C([2H])([2H])[2H])(C([2H])([2H])[2H])C([2H])([2H])[2H])cc4-c4ccccc4)cc(C(C)(C)C)c3)c2)c([2H])c1[2H].[Pt]. The van der Waals surface area contributed by atoms with E-state index in [-0.39, 0.29) is 55.7 Å². The summed E-state index contributed by atoms with van der Waals surface area (Å²) in [5.41, 5.74) is 2.88. The topological polar surface area (TPSA) is 50.9 Å². The summed E-state index contributed by atoms with van der Waals surface area (Å²) < 4.78 is 121. The van der Waals surface area contributed by atoms with Crippen LogP contribution < -0.4 is 0 Å². The standard InChI is InChI=1S/C55H54N3O.Pt/c1-35-28-42(54(5,6)7)34-46(51(35)59)52-57-50-44(22-17-23-49(50)58(52)48-25-24-41(53(2,3)4)33-45(48)37-20-15-12-16-21-37)39-29-40(31-43(30-39)55(8,9)10)47-32-38(26-27-56-47)36-18-13-11-14-19-36;/h11-28,30-34,59H,1-10H3;/q-1;/i2D3,3D3,4D3,11D,13D,14D,18D,19D;. The molecular formula is C55H54N3OPt-. The molecule has 0 unspecified atom stereocenters. The number of aryl methyl sites for hydroxylation is 1. The van der Waals surface area contributed by atoms with Gasteiger partial charge in [-0.2, -0.15) is 0 Å². The van der Waals surface area contributed by atoms with Crippen LogP contribution in [0.3, 0.4) is 0 Å². The summed E-state index contributed by atoms with van der Waals surface area (Å²) in [6.07, 6.45) is 1.52. The van der Waals surface area contributed by atoms with Crippen molar-refractivity contribution in [1.29, 1.82) is 0 Å². The minimum absolute atomic E-state index is 0. The molecule has 0 aliphatic carbocycles. The number of pyridine rings is 1. The Labute approximate surface area is 390 Å². The van der Waals surface area contributed by atoms with Gasteiger partial charge < -0.3 is 5.11 Å². The van der Waals surface area contributed by atoms with E-state index in [2.05, 4.69) is 26.8 Å². The summed E-state index contributed by atoms with van der Waals surface area (Å²) >= 11 is 0. The number of aromatic nitrogens is 3. The maximum absolute atomic E-state index is 12.1. The molecule has 0 spiro atoms. The molecule has 0 saturated carbocycles. The number of aromatic hydroxyl groups is 1. The Hall–Kier alpha value is -5.57. The Kier molecular flexibility index (Phi) is 7.54. The molecule has 306 valence electrons. The van der Waals surface area contributed by atoms with Crippen LogP contribution in [0.4, 0.5) is 0 Å². The van der Waals surface area contributed by atoms with Crippen LogP contribution in [-0.4, -0.2) is 19.6 Å². The van der Waals surface area contributed by atoms with Gasteiger partial charge in [0, 0.05) is 50.9 Å². The van der Waals surface area contributed by atoms with Gasteiger partial charge in [0.1, 0.15) is 11.6 Å². The predicted molar refractivity (Wildman–Crippen MR) is 247 cm³/mol. The first-order chi connectivity index (χ1) is 33.8. The van der Waals surface area contributed by atoms with Crippen molar-refractivity contribution in [2.75, 3.05) is 0 Å². The third kappa shape index (κ3) is 8.28. The van der Waals surface area contributed by atoms with Gasteiger partial charge in [0.2, 0.25) is 0 Å². The van der Waals surface area contributed by atoms with Gasteiger partial charge >= 0.3 is 0 Å². The van der Waals surface area contributed by atoms with Gasteiger partial charge in [-0.15, -0.1) is 29.3 Å². The van der Waals surface area contributed by atoms with E-state index < -0.39 is 55.1 Å². The van der Waals surface area contributed by atoms with Gasteiger partial charge in [-0.3, -0.25) is 9.55 Å². The number of hydrogen-bond donors (Lipinski definition) is 1. The van der Waals surface area contributed by atoms with E-state index in [9.17, 15) is 5.11 Å². The van der Waals surface area contributed by atoms with Crippen molar-refractivity contribution in [3.63, 3.8) is 0 Å². The third-order valence-corrected chi connectivity index (χ3v) is 10.7. The molecule has 4 nitrogen and oxygen atoms in total. The van der Waals surface area contributed by atoms with Crippen LogP contribution in [0.25, 0.3) is 72.7 Å². The van der Waals surface area contributed by atoms with Crippen molar-refractivity contribution in [2.45, 2.75) is 85.3 Å². The van der Waals surface area contributed by atoms with Crippen molar-refractivity contribution < 1.29 is 45.4 Å². The second kappa shape index (κ2) is 16.1. The summed E-state index contributed by atoms with van der Waals surface area (Å²) in [5.74, 6) is 0.219. The van der Waals surface area contributed by atoms with Crippen LogP contribution in [0, 0.1) is 13.0 Å². The maximum Gasteiger partial charge on any atom is 0.148 e. The molecule has 0 aliphatic heterocycles. The van der Waals surface area contributed by atoms with Gasteiger partial charge in [0.15, 0.2) is 0 Å². The molecule has 8 rings (SSSR count). The van der Waals surface area contributed by atoms with Crippen LogP contribution in [0.15, 0.2) is 140 Å². The number of para-hydroxylation sites is 1. The Morgan fingerprint density at radius 2 is 1.32 bits per heavy atom. The number of phenolic OH excluding ortho intramolecular Hbond substituents is 1. The fourth-order valence-electron chi connectivity index (χ4n) is 7.35. The zero-order valence-electron chi connectivity index (χ0n) is 48.5. The largest absolute Gasteiger partial charge is 0.507 e. The number of fused-ring (bicyclic) bond motifs is 1. The molecule has 1 N–H and O–H groups in total. The molecule has 0 aliphatic rings. The van der Waals surface area contributed by atoms with Gasteiger partial charge in [-0.05, 0) is 86.9 Å². The first-order valence-electron chi connectivity index (χ1n) is 26.5. The average molecular weight is 982 g/mol. The molecule has 2 heterocycles. The van der Waals surface area contributed by atoms with E-state index in [1.807, 2.05) is 67.8 Å². The van der Waals surface area contributed by atoms with Crippen LogP contribution in [0.5, 0.6) is 5.75 Å². The summed E-state index contributed by atoms with van der Waals surface area (Å²) in [5, 5.41) is 12.1. The molecule has 0 atom stereocenters. The Morgan fingerprint density at radius 1 is 0.633 bits per heavy atom. The Morgan fingerprint density at radius 3 is 2.02 bits per heavy atom. The molecule has 0 fully saturated rings. The minimum atomic E-state index is -3.52. The Bertz CT molecular complexity index is 3410. The number of nitrogens with zero attached hydrogens (tertiary/aromatic N) is 3. The van der Waals surface area contributed by atoms with Crippen molar-refractivity contribution in [3.8, 4) is 67.5 Å². The van der Waals surface area contributed by atoms with Gasteiger partial charge in [-0.25, -0.2) is 4.98 Å². The van der Waals surface area contributed by atoms with Gasteiger partial charge in [0.05, 0.1) is 29.1 Å². The zero-order chi connectivity index (χ0) is 53.7. The van der Waals surface area contributed by atoms with Crippen LogP contribution in [0.1, 0.15) is 104 Å². The molecule has 0 saturated heterocycles. The van der Waals surface area contributed by atoms with E-state index >= 15 is 0 Å². The van der Waals surface area contributed by atoms with E-state index in [1.54, 1.807) is 49.4 Å². The molecule has 5 heteroatoms. The van der Waals surface area contributed by atoms with Crippen LogP contribution in [0.2, 0.25) is 0 Å². The van der Waals surface area contributed by atoms with E-state index in [4.69, 9.17) is 29.2 Å². The number of hydrogen-bond acceptors (Lipinski definition) is 3. The number of benzene rings is 6. The first-order valence-corrected chi connectivity index (χ1v) is 19.5. The van der Waals surface area contributed by atoms with Gasteiger partial charge in [-0.1, -0.05) is 164 Å². The molecule has 0 amide bonds. The van der Waals surface area contributed by atoms with E-state index in [1.165, 1.54) is 24.4 Å². The number of phenols is 1. The number of imidazole rings is 1. The smallest absolute Gasteiger partial charge is 0.148 e. The Balaban J connectivity index is 0.00000800. The van der Waals surface area contributed by atoms with E-state index in [0.29, 0.717) is 66.9 Å². The van der Waals surface area contributed by atoms with E-state index in [0.717, 1.165) is 11.1 Å². The molecule has 0 bridgehead atoms. The van der Waals surface area contributed by atoms with Crippen molar-refractivity contribution in [1.82, 2.24) is 14.5 Å². The average Bonchev–Trinajstić information content (AvgIpc) is 3.69. The first kappa shape index (κ1) is 28.0. The monoisotopic (exact) mass is 981 g/mol. The molecule has 6 aromatic carbocycles. The summed E-state index contributed by atoms with van der Waals surface area (Å²) in [4.78, 5) is 10.1. The molecule has 2 aromatic heterocycles. The number of rotatable bonds is 6. The fourth-order valence-corrected chi connectivity index (χ4v) is 7.35. The van der Waals surface area contributed by atoms with Crippen molar-refractivity contribution in [2.24, 2.45) is 0 Å². The third-order valence-electron chi connectivity index (χ3n) is 10.7. The molecule has 8 aromatic rings. The quantitative estimate of drug-likeness (QED) is 0.169. The second-order valence-electron chi connectivity index (χ2n) is 17.1. The molecule has 60 heavy (non-hydrogen) atoms. The summed E-state index contributed by atoms with van der Waals surface area (Å²) in [6, 6.07) is 30.9. The summed E-state index contributed by atoms with van der Waals surface area (Å²) in [6.45, 7) is 3.55. The minimum Gasteiger partial charge on any atom is -0.507 e. The maximum atomic E-state index is 12.1. The predicted octanol–water partition coefficient (Wildman–Crippen LogP) is 14.5. The normalized spacial score (nSPS) is 16.1.